The first-order chi connectivity index (χ1) is 10.5. The van der Waals surface area contributed by atoms with E-state index in [9.17, 15) is 17.6 Å². The Morgan fingerprint density at radius 2 is 2.09 bits per heavy atom. The van der Waals surface area contributed by atoms with Crippen molar-refractivity contribution in [2.75, 3.05) is 19.6 Å². The molecule has 1 fully saturated rings. The van der Waals surface area contributed by atoms with E-state index in [0.717, 1.165) is 32.0 Å². The number of carbonyl (C=O) groups excluding carboxylic acids is 1. The number of benzene rings is 1. The number of halogens is 2. The zero-order valence-electron chi connectivity index (χ0n) is 12.5. The van der Waals surface area contributed by atoms with Crippen LogP contribution in [0.5, 0.6) is 0 Å². The number of hydrogen-bond donors (Lipinski definition) is 3. The molecule has 6 nitrogen and oxygen atoms in total. The molecule has 1 aliphatic heterocycles. The number of piperidine rings is 1. The minimum Gasteiger partial charge on any atom is -0.352 e. The van der Waals surface area contributed by atoms with Gasteiger partial charge >= 0.3 is 0 Å². The molecule has 3 N–H and O–H groups in total. The summed E-state index contributed by atoms with van der Waals surface area (Å²) in [6.07, 6.45) is 1.94. The van der Waals surface area contributed by atoms with Gasteiger partial charge in [-0.1, -0.05) is 12.1 Å². The fraction of sp³-hybridized carbons (Fsp3) is 0.500. The molecule has 130 valence electrons. The van der Waals surface area contributed by atoms with E-state index in [1.165, 1.54) is 18.2 Å². The van der Waals surface area contributed by atoms with Gasteiger partial charge < -0.3 is 10.6 Å². The van der Waals surface area contributed by atoms with E-state index in [4.69, 9.17) is 0 Å². The van der Waals surface area contributed by atoms with Gasteiger partial charge in [-0.25, -0.2) is 17.5 Å². The molecule has 0 aliphatic carbocycles. The van der Waals surface area contributed by atoms with Crippen molar-refractivity contribution < 1.29 is 17.6 Å². The zero-order valence-corrected chi connectivity index (χ0v) is 14.2. The normalized spacial score (nSPS) is 18.0. The number of amides is 1. The summed E-state index contributed by atoms with van der Waals surface area (Å²) in [7, 11) is -3.94. The van der Waals surface area contributed by atoms with Crippen molar-refractivity contribution in [2.45, 2.75) is 30.2 Å². The van der Waals surface area contributed by atoms with Crippen molar-refractivity contribution in [3.63, 3.8) is 0 Å². The Hall–Kier alpha value is -1.22. The maximum Gasteiger partial charge on any atom is 0.243 e. The third-order valence-electron chi connectivity index (χ3n) is 3.43. The van der Waals surface area contributed by atoms with Crippen LogP contribution in [-0.2, 0) is 14.8 Å². The predicted molar refractivity (Wildman–Crippen MR) is 87.5 cm³/mol. The zero-order chi connectivity index (χ0) is 16.0. The fourth-order valence-electron chi connectivity index (χ4n) is 2.31. The Morgan fingerprint density at radius 3 is 2.74 bits per heavy atom. The molecule has 23 heavy (non-hydrogen) atoms. The van der Waals surface area contributed by atoms with Gasteiger partial charge in [0, 0.05) is 25.6 Å². The molecule has 1 atom stereocenters. The lowest BCUT2D eigenvalue weighted by Crippen LogP contribution is -2.46. The molecule has 0 saturated carbocycles. The predicted octanol–water partition coefficient (Wildman–Crippen LogP) is 0.784. The van der Waals surface area contributed by atoms with E-state index in [-0.39, 0.29) is 37.3 Å². The SMILES string of the molecule is Cl.O=C(CCNS(=O)(=O)c1ccccc1F)N[C@H]1CCCNC1. The molecule has 1 amide bonds. The van der Waals surface area contributed by atoms with Crippen LogP contribution in [0.2, 0.25) is 0 Å². The minimum absolute atomic E-state index is 0. The Labute approximate surface area is 141 Å². The molecule has 9 heteroatoms. The van der Waals surface area contributed by atoms with Gasteiger partial charge in [0.25, 0.3) is 0 Å². The van der Waals surface area contributed by atoms with Gasteiger partial charge in [-0.3, -0.25) is 4.79 Å². The molecule has 2 rings (SSSR count). The van der Waals surface area contributed by atoms with E-state index in [1.54, 1.807) is 0 Å². The largest absolute Gasteiger partial charge is 0.352 e. The van der Waals surface area contributed by atoms with Crippen molar-refractivity contribution in [1.82, 2.24) is 15.4 Å². The molecular weight excluding hydrogens is 345 g/mol. The van der Waals surface area contributed by atoms with Crippen LogP contribution in [0.25, 0.3) is 0 Å². The Balaban J connectivity index is 0.00000264. The molecule has 1 saturated heterocycles. The third-order valence-corrected chi connectivity index (χ3v) is 4.93. The molecule has 0 bridgehead atoms. The second-order valence-corrected chi connectivity index (χ2v) is 6.92. The van der Waals surface area contributed by atoms with Crippen LogP contribution in [0.1, 0.15) is 19.3 Å². The van der Waals surface area contributed by atoms with Gasteiger partial charge in [0.05, 0.1) is 0 Å². The van der Waals surface area contributed by atoms with Crippen LogP contribution in [-0.4, -0.2) is 40.0 Å². The van der Waals surface area contributed by atoms with E-state index >= 15 is 0 Å². The molecule has 0 spiro atoms. The van der Waals surface area contributed by atoms with Crippen molar-refractivity contribution >= 4 is 28.3 Å². The van der Waals surface area contributed by atoms with Crippen LogP contribution >= 0.6 is 12.4 Å². The van der Waals surface area contributed by atoms with Gasteiger partial charge in [-0.05, 0) is 31.5 Å². The topological polar surface area (TPSA) is 87.3 Å². The maximum atomic E-state index is 13.5. The molecule has 0 radical (unpaired) electrons. The van der Waals surface area contributed by atoms with E-state index in [1.807, 2.05) is 0 Å². The van der Waals surface area contributed by atoms with Gasteiger partial charge in [0.1, 0.15) is 10.7 Å². The third kappa shape index (κ3) is 6.06. The monoisotopic (exact) mass is 365 g/mol. The summed E-state index contributed by atoms with van der Waals surface area (Å²) in [5.41, 5.74) is 0. The first-order valence-electron chi connectivity index (χ1n) is 7.23. The smallest absolute Gasteiger partial charge is 0.243 e. The second-order valence-electron chi connectivity index (χ2n) is 5.19. The highest BCUT2D eigenvalue weighted by molar-refractivity contribution is 7.89. The van der Waals surface area contributed by atoms with Gasteiger partial charge in [-0.2, -0.15) is 0 Å². The Kier molecular flexibility index (Phi) is 7.90. The fourth-order valence-corrected chi connectivity index (χ4v) is 3.42. The van der Waals surface area contributed by atoms with Crippen LogP contribution in [0.4, 0.5) is 4.39 Å². The van der Waals surface area contributed by atoms with Crippen molar-refractivity contribution in [3.05, 3.63) is 30.1 Å². The lowest BCUT2D eigenvalue weighted by Gasteiger charge is -2.23. The first-order valence-corrected chi connectivity index (χ1v) is 8.71. The quantitative estimate of drug-likeness (QED) is 0.695. The number of hydrogen-bond acceptors (Lipinski definition) is 4. The van der Waals surface area contributed by atoms with Crippen LogP contribution < -0.4 is 15.4 Å². The highest BCUT2D eigenvalue weighted by Gasteiger charge is 2.19. The van der Waals surface area contributed by atoms with Gasteiger partial charge in [0.2, 0.25) is 15.9 Å². The maximum absolute atomic E-state index is 13.5. The molecule has 1 aromatic carbocycles. The number of nitrogens with one attached hydrogen (secondary N) is 3. The minimum atomic E-state index is -3.94. The van der Waals surface area contributed by atoms with E-state index < -0.39 is 20.7 Å². The standard InChI is InChI=1S/C14H20FN3O3S.ClH/c15-12-5-1-2-6-13(12)22(20,21)17-9-7-14(19)18-11-4-3-8-16-10-11;/h1-2,5-6,11,16-17H,3-4,7-10H2,(H,18,19);1H/t11-;/m0./s1. The van der Waals surface area contributed by atoms with E-state index in [0.29, 0.717) is 0 Å². The lowest BCUT2D eigenvalue weighted by molar-refractivity contribution is -0.121. The number of carbonyl (C=O) groups is 1. The number of sulfonamides is 1. The number of rotatable bonds is 6. The van der Waals surface area contributed by atoms with Crippen LogP contribution in [0.3, 0.4) is 0 Å². The summed E-state index contributed by atoms with van der Waals surface area (Å²) < 4.78 is 39.6. The Morgan fingerprint density at radius 1 is 1.35 bits per heavy atom. The van der Waals surface area contributed by atoms with Gasteiger partial charge in [0.15, 0.2) is 0 Å². The molecule has 1 heterocycles. The van der Waals surface area contributed by atoms with Crippen molar-refractivity contribution in [1.29, 1.82) is 0 Å². The molecule has 0 aromatic heterocycles. The van der Waals surface area contributed by atoms with E-state index in [2.05, 4.69) is 15.4 Å². The van der Waals surface area contributed by atoms with Gasteiger partial charge in [-0.15, -0.1) is 12.4 Å². The highest BCUT2D eigenvalue weighted by Crippen LogP contribution is 2.12. The molecule has 1 aliphatic rings. The summed E-state index contributed by atoms with van der Waals surface area (Å²) in [5, 5.41) is 6.03. The molecule has 0 unspecified atom stereocenters. The Bertz CT molecular complexity index is 621. The summed E-state index contributed by atoms with van der Waals surface area (Å²) in [6.45, 7) is 1.62. The molecule has 1 aromatic rings. The van der Waals surface area contributed by atoms with Crippen LogP contribution in [0, 0.1) is 5.82 Å². The summed E-state index contributed by atoms with van der Waals surface area (Å²) in [4.78, 5) is 11.3. The summed E-state index contributed by atoms with van der Waals surface area (Å²) >= 11 is 0. The second kappa shape index (κ2) is 9.17. The molecular formula is C14H21ClFN3O3S. The van der Waals surface area contributed by atoms with Crippen molar-refractivity contribution in [3.8, 4) is 0 Å². The van der Waals surface area contributed by atoms with Crippen LogP contribution in [0.15, 0.2) is 29.2 Å². The average molecular weight is 366 g/mol. The summed E-state index contributed by atoms with van der Waals surface area (Å²) in [6, 6.07) is 5.22. The lowest BCUT2D eigenvalue weighted by atomic mass is 10.1. The first kappa shape index (κ1) is 19.8. The summed E-state index contributed by atoms with van der Waals surface area (Å²) in [5.74, 6) is -1.03. The highest BCUT2D eigenvalue weighted by atomic mass is 35.5. The average Bonchev–Trinajstić information content (AvgIpc) is 2.48. The van der Waals surface area contributed by atoms with Crippen molar-refractivity contribution in [2.24, 2.45) is 0 Å².